The molecule has 1 heterocycles. The number of ether oxygens (including phenoxy) is 1. The van der Waals surface area contributed by atoms with Crippen LogP contribution in [-0.2, 0) is 0 Å². The first kappa shape index (κ1) is 13.0. The lowest BCUT2D eigenvalue weighted by Gasteiger charge is -2.30. The van der Waals surface area contributed by atoms with Crippen LogP contribution in [0, 0.1) is 5.82 Å². The van der Waals surface area contributed by atoms with E-state index in [-0.39, 0.29) is 5.75 Å². The third kappa shape index (κ3) is 2.52. The van der Waals surface area contributed by atoms with Gasteiger partial charge in [-0.1, -0.05) is 12.8 Å². The summed E-state index contributed by atoms with van der Waals surface area (Å²) < 4.78 is 18.6. The monoisotopic (exact) mass is 252 g/mol. The van der Waals surface area contributed by atoms with Crippen molar-refractivity contribution in [3.63, 3.8) is 0 Å². The van der Waals surface area contributed by atoms with Crippen molar-refractivity contribution in [2.75, 3.05) is 24.3 Å². The number of nitrogen functional groups attached to an aromatic ring is 1. The lowest BCUT2D eigenvalue weighted by molar-refractivity contribution is 0.386. The van der Waals surface area contributed by atoms with Crippen molar-refractivity contribution in [1.82, 2.24) is 0 Å². The van der Waals surface area contributed by atoms with Crippen LogP contribution in [0.1, 0.15) is 32.6 Å². The molecule has 0 aliphatic carbocycles. The van der Waals surface area contributed by atoms with Gasteiger partial charge in [0.15, 0.2) is 11.6 Å². The zero-order chi connectivity index (χ0) is 13.1. The molecule has 0 spiro atoms. The lowest BCUT2D eigenvalue weighted by atomic mass is 10.1. The summed E-state index contributed by atoms with van der Waals surface area (Å²) in [5.41, 5.74) is 7.33. The standard InChI is InChI=1S/C14H21FN2O/c1-10-6-4-3-5-7-17(10)13-9-14(18-2)11(15)8-12(13)16/h8-10H,3-7,16H2,1-2H3. The predicted molar refractivity (Wildman–Crippen MR) is 72.6 cm³/mol. The van der Waals surface area contributed by atoms with Crippen LogP contribution < -0.4 is 15.4 Å². The summed E-state index contributed by atoms with van der Waals surface area (Å²) in [5, 5.41) is 0. The Hall–Kier alpha value is -1.45. The van der Waals surface area contributed by atoms with Gasteiger partial charge in [0.1, 0.15) is 0 Å². The second kappa shape index (κ2) is 5.46. The molecule has 0 bridgehead atoms. The van der Waals surface area contributed by atoms with E-state index in [0.717, 1.165) is 25.1 Å². The van der Waals surface area contributed by atoms with Gasteiger partial charge in [-0.2, -0.15) is 0 Å². The Bertz CT molecular complexity index is 423. The van der Waals surface area contributed by atoms with Gasteiger partial charge in [0.2, 0.25) is 0 Å². The highest BCUT2D eigenvalue weighted by Gasteiger charge is 2.20. The van der Waals surface area contributed by atoms with Crippen molar-refractivity contribution >= 4 is 11.4 Å². The normalized spacial score (nSPS) is 20.6. The van der Waals surface area contributed by atoms with E-state index >= 15 is 0 Å². The van der Waals surface area contributed by atoms with Crippen LogP contribution in [0.15, 0.2) is 12.1 Å². The average molecular weight is 252 g/mol. The highest BCUT2D eigenvalue weighted by molar-refractivity contribution is 5.70. The van der Waals surface area contributed by atoms with Gasteiger partial charge >= 0.3 is 0 Å². The average Bonchev–Trinajstić information content (AvgIpc) is 2.55. The molecule has 1 aromatic carbocycles. The number of anilines is 2. The maximum absolute atomic E-state index is 13.6. The number of halogens is 1. The number of hydrogen-bond acceptors (Lipinski definition) is 3. The second-order valence-corrected chi connectivity index (χ2v) is 4.94. The second-order valence-electron chi connectivity index (χ2n) is 4.94. The number of rotatable bonds is 2. The molecule has 2 rings (SSSR count). The van der Waals surface area contributed by atoms with Crippen molar-refractivity contribution in [3.05, 3.63) is 17.9 Å². The summed E-state index contributed by atoms with van der Waals surface area (Å²) in [6.45, 7) is 3.17. The molecule has 100 valence electrons. The lowest BCUT2D eigenvalue weighted by Crippen LogP contribution is -2.33. The van der Waals surface area contributed by atoms with Gasteiger partial charge < -0.3 is 15.4 Å². The van der Waals surface area contributed by atoms with Crippen LogP contribution in [0.3, 0.4) is 0 Å². The molecule has 1 fully saturated rings. The Labute approximate surface area is 108 Å². The minimum Gasteiger partial charge on any atom is -0.494 e. The van der Waals surface area contributed by atoms with Gasteiger partial charge in [0.25, 0.3) is 0 Å². The topological polar surface area (TPSA) is 38.5 Å². The number of nitrogens with two attached hydrogens (primary N) is 1. The molecule has 1 saturated heterocycles. The fourth-order valence-electron chi connectivity index (χ4n) is 2.60. The Morgan fingerprint density at radius 1 is 1.33 bits per heavy atom. The van der Waals surface area contributed by atoms with Crippen LogP contribution in [0.5, 0.6) is 5.75 Å². The van der Waals surface area contributed by atoms with E-state index < -0.39 is 5.82 Å². The van der Waals surface area contributed by atoms with Crippen molar-refractivity contribution < 1.29 is 9.13 Å². The Balaban J connectivity index is 2.36. The molecule has 1 atom stereocenters. The summed E-state index contributed by atoms with van der Waals surface area (Å²) in [5.74, 6) is -0.142. The molecule has 18 heavy (non-hydrogen) atoms. The molecular weight excluding hydrogens is 231 g/mol. The molecule has 1 aromatic rings. The van der Waals surface area contributed by atoms with Gasteiger partial charge in [-0.05, 0) is 19.8 Å². The fraction of sp³-hybridized carbons (Fsp3) is 0.571. The quantitative estimate of drug-likeness (QED) is 0.821. The molecule has 2 N–H and O–H groups in total. The zero-order valence-electron chi connectivity index (χ0n) is 11.1. The molecule has 3 nitrogen and oxygen atoms in total. The van der Waals surface area contributed by atoms with Gasteiger partial charge in [-0.25, -0.2) is 4.39 Å². The maximum atomic E-state index is 13.6. The van der Waals surface area contributed by atoms with E-state index in [9.17, 15) is 4.39 Å². The third-order valence-electron chi connectivity index (χ3n) is 3.66. The maximum Gasteiger partial charge on any atom is 0.167 e. The summed E-state index contributed by atoms with van der Waals surface area (Å²) in [7, 11) is 1.48. The van der Waals surface area contributed by atoms with Crippen LogP contribution in [0.4, 0.5) is 15.8 Å². The first-order chi connectivity index (χ1) is 8.63. The Kier molecular flexibility index (Phi) is 3.94. The van der Waals surface area contributed by atoms with E-state index in [1.165, 1.54) is 26.0 Å². The molecule has 0 amide bonds. The van der Waals surface area contributed by atoms with E-state index in [1.807, 2.05) is 0 Å². The number of nitrogens with zero attached hydrogens (tertiary/aromatic N) is 1. The van der Waals surface area contributed by atoms with Crippen LogP contribution >= 0.6 is 0 Å². The van der Waals surface area contributed by atoms with Crippen LogP contribution in [0.25, 0.3) is 0 Å². The van der Waals surface area contributed by atoms with Crippen LogP contribution in [-0.4, -0.2) is 19.7 Å². The SMILES string of the molecule is COc1cc(N2CCCCCC2C)c(N)cc1F. The molecule has 1 unspecified atom stereocenters. The van der Waals surface area contributed by atoms with E-state index in [1.54, 1.807) is 6.07 Å². The van der Waals surface area contributed by atoms with E-state index in [0.29, 0.717) is 11.7 Å². The third-order valence-corrected chi connectivity index (χ3v) is 3.66. The summed E-state index contributed by atoms with van der Waals surface area (Å²) >= 11 is 0. The van der Waals surface area contributed by atoms with Crippen molar-refractivity contribution in [2.24, 2.45) is 0 Å². The summed E-state index contributed by atoms with van der Waals surface area (Å²) in [6.07, 6.45) is 4.80. The molecule has 0 aromatic heterocycles. The highest BCUT2D eigenvalue weighted by Crippen LogP contribution is 2.34. The minimum atomic E-state index is -0.402. The van der Waals surface area contributed by atoms with E-state index in [4.69, 9.17) is 10.5 Å². The molecule has 4 heteroatoms. The molecule has 0 radical (unpaired) electrons. The van der Waals surface area contributed by atoms with Gasteiger partial charge in [-0.3, -0.25) is 0 Å². The van der Waals surface area contributed by atoms with Crippen molar-refractivity contribution in [1.29, 1.82) is 0 Å². The van der Waals surface area contributed by atoms with Crippen molar-refractivity contribution in [2.45, 2.75) is 38.6 Å². The highest BCUT2D eigenvalue weighted by atomic mass is 19.1. The minimum absolute atomic E-state index is 0.260. The number of hydrogen-bond donors (Lipinski definition) is 1. The fourth-order valence-corrected chi connectivity index (χ4v) is 2.60. The molecule has 1 aliphatic rings. The first-order valence-corrected chi connectivity index (χ1v) is 6.53. The predicted octanol–water partition coefficient (Wildman–Crippen LogP) is 3.19. The Morgan fingerprint density at radius 2 is 2.11 bits per heavy atom. The molecule has 1 aliphatic heterocycles. The van der Waals surface area contributed by atoms with Crippen LogP contribution in [0.2, 0.25) is 0 Å². The van der Waals surface area contributed by atoms with Gasteiger partial charge in [0.05, 0.1) is 18.5 Å². The van der Waals surface area contributed by atoms with Gasteiger partial charge in [-0.15, -0.1) is 0 Å². The zero-order valence-corrected chi connectivity index (χ0v) is 11.1. The van der Waals surface area contributed by atoms with Gasteiger partial charge in [0, 0.05) is 24.7 Å². The first-order valence-electron chi connectivity index (χ1n) is 6.53. The Morgan fingerprint density at radius 3 is 2.83 bits per heavy atom. The smallest absolute Gasteiger partial charge is 0.167 e. The van der Waals surface area contributed by atoms with Crippen molar-refractivity contribution in [3.8, 4) is 5.75 Å². The summed E-state index contributed by atoms with van der Waals surface area (Å²) in [6, 6.07) is 3.50. The molecular formula is C14H21FN2O. The largest absolute Gasteiger partial charge is 0.494 e. The molecule has 0 saturated carbocycles. The number of benzene rings is 1. The number of methoxy groups -OCH3 is 1. The summed E-state index contributed by atoms with van der Waals surface area (Å²) in [4.78, 5) is 2.27. The van der Waals surface area contributed by atoms with E-state index in [2.05, 4.69) is 11.8 Å².